The normalized spacial score (nSPS) is 22.0. The lowest BCUT2D eigenvalue weighted by atomic mass is 9.99. The van der Waals surface area contributed by atoms with Gasteiger partial charge in [-0.3, -0.25) is 4.79 Å². The first-order valence-corrected chi connectivity index (χ1v) is 8.52. The van der Waals surface area contributed by atoms with Gasteiger partial charge >= 0.3 is 0 Å². The van der Waals surface area contributed by atoms with Gasteiger partial charge in [-0.15, -0.1) is 0 Å². The third kappa shape index (κ3) is 3.90. The number of carbonyl (C=O) groups is 1. The van der Waals surface area contributed by atoms with E-state index >= 15 is 0 Å². The smallest absolute Gasteiger partial charge is 0.224 e. The van der Waals surface area contributed by atoms with E-state index in [0.29, 0.717) is 12.3 Å². The summed E-state index contributed by atoms with van der Waals surface area (Å²) in [5, 5.41) is 3.01. The molecule has 1 fully saturated rings. The quantitative estimate of drug-likeness (QED) is 0.844. The Hall–Kier alpha value is -1.77. The molecule has 3 nitrogen and oxygen atoms in total. The molecule has 1 aromatic rings. The van der Waals surface area contributed by atoms with Gasteiger partial charge in [-0.05, 0) is 61.8 Å². The Morgan fingerprint density at radius 3 is 2.55 bits per heavy atom. The van der Waals surface area contributed by atoms with Crippen molar-refractivity contribution in [3.8, 4) is 0 Å². The van der Waals surface area contributed by atoms with Crippen LogP contribution in [0.4, 0.5) is 11.4 Å². The second-order valence-electron chi connectivity index (χ2n) is 6.73. The summed E-state index contributed by atoms with van der Waals surface area (Å²) in [6.07, 6.45) is 9.70. The number of hydrogen-bond donors (Lipinski definition) is 1. The van der Waals surface area contributed by atoms with Gasteiger partial charge in [-0.2, -0.15) is 0 Å². The van der Waals surface area contributed by atoms with Crippen molar-refractivity contribution in [3.05, 3.63) is 36.4 Å². The summed E-state index contributed by atoms with van der Waals surface area (Å²) in [4.78, 5) is 14.5. The average Bonchev–Trinajstić information content (AvgIpc) is 3.02. The fraction of sp³-hybridized carbons (Fsp3) is 0.526. The van der Waals surface area contributed by atoms with Crippen LogP contribution in [-0.4, -0.2) is 19.0 Å². The van der Waals surface area contributed by atoms with Crippen LogP contribution in [0.5, 0.6) is 0 Å². The first kappa shape index (κ1) is 15.1. The Balaban J connectivity index is 1.52. The minimum atomic E-state index is 0.121. The molecule has 3 heteroatoms. The van der Waals surface area contributed by atoms with E-state index in [1.807, 2.05) is 12.1 Å². The fourth-order valence-electron chi connectivity index (χ4n) is 3.34. The van der Waals surface area contributed by atoms with E-state index in [0.717, 1.165) is 37.5 Å². The molecule has 3 rings (SSSR count). The van der Waals surface area contributed by atoms with Crippen molar-refractivity contribution in [1.29, 1.82) is 0 Å². The average molecular weight is 298 g/mol. The third-order valence-electron chi connectivity index (χ3n) is 4.86. The van der Waals surface area contributed by atoms with Crippen LogP contribution in [0.3, 0.4) is 0 Å². The number of nitrogens with one attached hydrogen (secondary N) is 1. The predicted octanol–water partition coefficient (Wildman–Crippen LogP) is 4.22. The van der Waals surface area contributed by atoms with Crippen LogP contribution >= 0.6 is 0 Å². The van der Waals surface area contributed by atoms with E-state index in [1.54, 1.807) is 0 Å². The standard InChI is InChI=1S/C19H26N2O/c1-15-10-12-21(13-11-15)18-8-6-17(7-9-18)20-19(22)14-16-4-2-3-5-16/h2,4,6-9,15-16H,3,5,10-14H2,1H3,(H,20,22)/t16-/m0/s1. The zero-order valence-electron chi connectivity index (χ0n) is 13.4. The molecule has 0 bridgehead atoms. The third-order valence-corrected chi connectivity index (χ3v) is 4.86. The summed E-state index contributed by atoms with van der Waals surface area (Å²) in [6.45, 7) is 4.61. The Morgan fingerprint density at radius 1 is 1.18 bits per heavy atom. The zero-order valence-corrected chi connectivity index (χ0v) is 13.4. The van der Waals surface area contributed by atoms with Gasteiger partial charge in [0.2, 0.25) is 5.91 Å². The molecule has 1 aliphatic carbocycles. The van der Waals surface area contributed by atoms with Gasteiger partial charge in [0.1, 0.15) is 0 Å². The molecule has 0 aromatic heterocycles. The first-order chi connectivity index (χ1) is 10.7. The number of amides is 1. The lowest BCUT2D eigenvalue weighted by Gasteiger charge is -2.32. The number of allylic oxidation sites excluding steroid dienone is 2. The lowest BCUT2D eigenvalue weighted by Crippen LogP contribution is -2.32. The van der Waals surface area contributed by atoms with Crippen molar-refractivity contribution >= 4 is 17.3 Å². The second kappa shape index (κ2) is 6.99. The van der Waals surface area contributed by atoms with E-state index in [-0.39, 0.29) is 5.91 Å². The van der Waals surface area contributed by atoms with Crippen LogP contribution in [0.15, 0.2) is 36.4 Å². The number of carbonyl (C=O) groups excluding carboxylic acids is 1. The van der Waals surface area contributed by atoms with E-state index in [2.05, 4.69) is 41.4 Å². The van der Waals surface area contributed by atoms with E-state index in [4.69, 9.17) is 0 Å². The maximum atomic E-state index is 12.0. The van der Waals surface area contributed by atoms with Gasteiger partial charge in [0, 0.05) is 30.9 Å². The highest BCUT2D eigenvalue weighted by molar-refractivity contribution is 5.91. The van der Waals surface area contributed by atoms with Crippen LogP contribution in [0.25, 0.3) is 0 Å². The number of benzene rings is 1. The van der Waals surface area contributed by atoms with Crippen molar-refractivity contribution in [3.63, 3.8) is 0 Å². The van der Waals surface area contributed by atoms with E-state index < -0.39 is 0 Å². The van der Waals surface area contributed by atoms with Gasteiger partial charge in [0.05, 0.1) is 0 Å². The Morgan fingerprint density at radius 2 is 1.91 bits per heavy atom. The Kier molecular flexibility index (Phi) is 4.81. The zero-order chi connectivity index (χ0) is 15.4. The summed E-state index contributed by atoms with van der Waals surface area (Å²) in [6, 6.07) is 8.30. The summed E-state index contributed by atoms with van der Waals surface area (Å²) >= 11 is 0. The molecule has 1 atom stereocenters. The molecular weight excluding hydrogens is 272 g/mol. The lowest BCUT2D eigenvalue weighted by molar-refractivity contribution is -0.116. The van der Waals surface area contributed by atoms with E-state index in [1.165, 1.54) is 18.5 Å². The predicted molar refractivity (Wildman–Crippen MR) is 92.2 cm³/mol. The summed E-state index contributed by atoms with van der Waals surface area (Å²) < 4.78 is 0. The van der Waals surface area contributed by atoms with Gasteiger partial charge in [-0.25, -0.2) is 0 Å². The van der Waals surface area contributed by atoms with Crippen molar-refractivity contribution in [2.45, 2.75) is 39.0 Å². The highest BCUT2D eigenvalue weighted by Gasteiger charge is 2.16. The van der Waals surface area contributed by atoms with Gasteiger partial charge in [0.25, 0.3) is 0 Å². The van der Waals surface area contributed by atoms with Crippen molar-refractivity contribution in [2.24, 2.45) is 11.8 Å². The molecule has 2 aliphatic rings. The Bertz CT molecular complexity index is 527. The fourth-order valence-corrected chi connectivity index (χ4v) is 3.34. The van der Waals surface area contributed by atoms with Crippen molar-refractivity contribution in [2.75, 3.05) is 23.3 Å². The highest BCUT2D eigenvalue weighted by atomic mass is 16.1. The number of hydrogen-bond acceptors (Lipinski definition) is 2. The molecule has 0 unspecified atom stereocenters. The first-order valence-electron chi connectivity index (χ1n) is 8.52. The van der Waals surface area contributed by atoms with Crippen LogP contribution in [0.1, 0.15) is 39.0 Å². The maximum Gasteiger partial charge on any atom is 0.224 e. The summed E-state index contributed by atoms with van der Waals surface area (Å²) in [7, 11) is 0. The molecule has 1 heterocycles. The highest BCUT2D eigenvalue weighted by Crippen LogP contribution is 2.25. The summed E-state index contributed by atoms with van der Waals surface area (Å²) in [5.41, 5.74) is 2.17. The molecule has 0 radical (unpaired) electrons. The molecule has 0 saturated carbocycles. The van der Waals surface area contributed by atoms with Crippen molar-refractivity contribution in [1.82, 2.24) is 0 Å². The molecule has 1 N–H and O–H groups in total. The Labute approximate surface area is 133 Å². The molecule has 1 saturated heterocycles. The SMILES string of the molecule is CC1CCN(c2ccc(NC(=O)C[C@H]3C=CCC3)cc2)CC1. The maximum absolute atomic E-state index is 12.0. The van der Waals surface area contributed by atoms with Gasteiger partial charge in [0.15, 0.2) is 0 Å². The van der Waals surface area contributed by atoms with Gasteiger partial charge in [-0.1, -0.05) is 19.1 Å². The van der Waals surface area contributed by atoms with Crippen LogP contribution < -0.4 is 10.2 Å². The number of piperidine rings is 1. The van der Waals surface area contributed by atoms with Crippen LogP contribution in [0, 0.1) is 11.8 Å². The van der Waals surface area contributed by atoms with E-state index in [9.17, 15) is 4.79 Å². The van der Waals surface area contributed by atoms with Crippen LogP contribution in [0.2, 0.25) is 0 Å². The molecular formula is C19H26N2O. The largest absolute Gasteiger partial charge is 0.372 e. The molecule has 118 valence electrons. The monoisotopic (exact) mass is 298 g/mol. The molecule has 1 amide bonds. The number of rotatable bonds is 4. The number of anilines is 2. The molecule has 22 heavy (non-hydrogen) atoms. The molecule has 1 aliphatic heterocycles. The van der Waals surface area contributed by atoms with Gasteiger partial charge < -0.3 is 10.2 Å². The minimum absolute atomic E-state index is 0.121. The molecule has 1 aromatic carbocycles. The summed E-state index contributed by atoms with van der Waals surface area (Å²) in [5.74, 6) is 1.39. The number of nitrogens with zero attached hydrogens (tertiary/aromatic N) is 1. The second-order valence-corrected chi connectivity index (χ2v) is 6.73. The molecule has 0 spiro atoms. The van der Waals surface area contributed by atoms with Crippen molar-refractivity contribution < 1.29 is 4.79 Å². The topological polar surface area (TPSA) is 32.3 Å². The van der Waals surface area contributed by atoms with Crippen LogP contribution in [-0.2, 0) is 4.79 Å². The minimum Gasteiger partial charge on any atom is -0.372 e.